The van der Waals surface area contributed by atoms with E-state index in [9.17, 15) is 18.0 Å². The molecule has 3 aromatic rings. The molecular formula is C25H24N2O5S. The van der Waals surface area contributed by atoms with Gasteiger partial charge in [-0.15, -0.1) is 0 Å². The van der Waals surface area contributed by atoms with Crippen LogP contribution in [0.1, 0.15) is 22.8 Å². The number of benzene rings is 3. The second-order valence-corrected chi connectivity index (χ2v) is 9.83. The number of carbonyl (C=O) groups is 2. The highest BCUT2D eigenvalue weighted by Gasteiger charge is 2.31. The molecule has 1 atom stereocenters. The molecule has 0 N–H and O–H groups in total. The van der Waals surface area contributed by atoms with Crippen molar-refractivity contribution in [2.45, 2.75) is 24.3 Å². The van der Waals surface area contributed by atoms with Crippen molar-refractivity contribution < 1.29 is 22.7 Å². The number of fused-ring (bicyclic) bond motifs is 1. The van der Waals surface area contributed by atoms with Crippen molar-refractivity contribution in [1.29, 1.82) is 0 Å². The predicted octanol–water partition coefficient (Wildman–Crippen LogP) is 3.65. The number of hydrogen-bond acceptors (Lipinski definition) is 5. The van der Waals surface area contributed by atoms with Crippen molar-refractivity contribution >= 4 is 33.3 Å². The quantitative estimate of drug-likeness (QED) is 0.520. The lowest BCUT2D eigenvalue weighted by Crippen LogP contribution is -2.38. The Balaban J connectivity index is 1.47. The van der Waals surface area contributed by atoms with Crippen LogP contribution in [0.2, 0.25) is 0 Å². The molecule has 0 saturated heterocycles. The summed E-state index contributed by atoms with van der Waals surface area (Å²) in [7, 11) is -2.43. The minimum absolute atomic E-state index is 0.0319. The van der Waals surface area contributed by atoms with Gasteiger partial charge in [0.15, 0.2) is 6.61 Å². The number of rotatable bonds is 6. The van der Waals surface area contributed by atoms with E-state index in [1.165, 1.54) is 31.3 Å². The molecule has 1 heterocycles. The van der Waals surface area contributed by atoms with Gasteiger partial charge in [-0.05, 0) is 55.3 Å². The van der Waals surface area contributed by atoms with Gasteiger partial charge in [-0.25, -0.2) is 13.2 Å². The lowest BCUT2D eigenvalue weighted by molar-refractivity contribution is -0.122. The molecule has 0 fully saturated rings. The smallest absolute Gasteiger partial charge is 0.338 e. The van der Waals surface area contributed by atoms with Gasteiger partial charge in [0, 0.05) is 18.8 Å². The maximum absolute atomic E-state index is 13.0. The second kappa shape index (κ2) is 9.07. The van der Waals surface area contributed by atoms with Gasteiger partial charge in [0.1, 0.15) is 0 Å². The van der Waals surface area contributed by atoms with Crippen molar-refractivity contribution in [3.63, 3.8) is 0 Å². The topological polar surface area (TPSA) is 84.0 Å². The minimum Gasteiger partial charge on any atom is -0.452 e. The summed E-state index contributed by atoms with van der Waals surface area (Å²) in [4.78, 5) is 27.0. The Labute approximate surface area is 193 Å². The third-order valence-electron chi connectivity index (χ3n) is 5.65. The van der Waals surface area contributed by atoms with Crippen LogP contribution >= 0.6 is 0 Å². The SMILES string of the molecule is CC1Cc2ccccc2N1C(=O)COC(=O)c1cccc(S(=O)(=O)N(C)c2ccccc2)c1. The highest BCUT2D eigenvalue weighted by Crippen LogP contribution is 2.31. The summed E-state index contributed by atoms with van der Waals surface area (Å²) in [6.07, 6.45) is 0.741. The molecule has 0 aliphatic carbocycles. The van der Waals surface area contributed by atoms with Gasteiger partial charge in [0.05, 0.1) is 16.1 Å². The van der Waals surface area contributed by atoms with Gasteiger partial charge >= 0.3 is 5.97 Å². The average Bonchev–Trinajstić information content (AvgIpc) is 3.18. The average molecular weight is 465 g/mol. The van der Waals surface area contributed by atoms with Crippen molar-refractivity contribution in [2.24, 2.45) is 0 Å². The lowest BCUT2D eigenvalue weighted by atomic mass is 10.1. The van der Waals surface area contributed by atoms with E-state index in [2.05, 4.69) is 0 Å². The number of sulfonamides is 1. The maximum atomic E-state index is 13.0. The Hall–Kier alpha value is -3.65. The number of ether oxygens (including phenoxy) is 1. The summed E-state index contributed by atoms with van der Waals surface area (Å²) in [6.45, 7) is 1.51. The summed E-state index contributed by atoms with van der Waals surface area (Å²) in [5.74, 6) is -1.09. The van der Waals surface area contributed by atoms with Gasteiger partial charge in [0.25, 0.3) is 15.9 Å². The Morgan fingerprint density at radius 2 is 1.70 bits per heavy atom. The standard InChI is InChI=1S/C25H24N2O5S/c1-18-15-19-9-6-7-14-23(19)27(18)24(28)17-32-25(29)20-10-8-13-22(16-20)33(30,31)26(2)21-11-4-3-5-12-21/h3-14,16,18H,15,17H2,1-2H3. The minimum atomic E-state index is -3.88. The van der Waals surface area contributed by atoms with Gasteiger partial charge in [0.2, 0.25) is 0 Å². The summed E-state index contributed by atoms with van der Waals surface area (Å²) in [5.41, 5.74) is 2.45. The molecule has 0 saturated carbocycles. The van der Waals surface area contributed by atoms with E-state index in [1.54, 1.807) is 35.2 Å². The van der Waals surface area contributed by atoms with Crippen LogP contribution in [0.15, 0.2) is 83.8 Å². The van der Waals surface area contributed by atoms with Crippen molar-refractivity contribution in [3.05, 3.63) is 90.0 Å². The van der Waals surface area contributed by atoms with Gasteiger partial charge in [-0.3, -0.25) is 9.10 Å². The zero-order valence-corrected chi connectivity index (χ0v) is 19.2. The van der Waals surface area contributed by atoms with Crippen LogP contribution in [0.4, 0.5) is 11.4 Å². The predicted molar refractivity (Wildman–Crippen MR) is 126 cm³/mol. The van der Waals surface area contributed by atoms with Crippen LogP contribution in [0.3, 0.4) is 0 Å². The molecule has 3 aromatic carbocycles. The fourth-order valence-electron chi connectivity index (χ4n) is 3.94. The van der Waals surface area contributed by atoms with Crippen LogP contribution in [0.5, 0.6) is 0 Å². The molecule has 0 bridgehead atoms. The number of amides is 1. The molecule has 0 radical (unpaired) electrons. The molecule has 4 rings (SSSR count). The molecule has 1 aliphatic heterocycles. The first kappa shape index (κ1) is 22.5. The summed E-state index contributed by atoms with van der Waals surface area (Å²) < 4.78 is 32.4. The van der Waals surface area contributed by atoms with E-state index in [0.717, 1.165) is 22.0 Å². The molecule has 33 heavy (non-hydrogen) atoms. The van der Waals surface area contributed by atoms with Crippen LogP contribution in [-0.2, 0) is 26.0 Å². The van der Waals surface area contributed by atoms with E-state index in [0.29, 0.717) is 5.69 Å². The molecule has 7 nitrogen and oxygen atoms in total. The highest BCUT2D eigenvalue weighted by molar-refractivity contribution is 7.92. The monoisotopic (exact) mass is 464 g/mol. The molecular weight excluding hydrogens is 440 g/mol. The van der Waals surface area contributed by atoms with E-state index in [-0.39, 0.29) is 22.4 Å². The third-order valence-corrected chi connectivity index (χ3v) is 7.43. The van der Waals surface area contributed by atoms with Gasteiger partial charge in [-0.2, -0.15) is 0 Å². The van der Waals surface area contributed by atoms with Crippen LogP contribution in [0, 0.1) is 0 Å². The zero-order valence-electron chi connectivity index (χ0n) is 18.3. The maximum Gasteiger partial charge on any atom is 0.338 e. The largest absolute Gasteiger partial charge is 0.452 e. The summed E-state index contributed by atoms with van der Waals surface area (Å²) in [6, 6.07) is 21.9. The molecule has 1 unspecified atom stereocenters. The Bertz CT molecular complexity index is 1290. The Kier molecular flexibility index (Phi) is 6.20. The lowest BCUT2D eigenvalue weighted by Gasteiger charge is -2.22. The van der Waals surface area contributed by atoms with E-state index >= 15 is 0 Å². The first-order chi connectivity index (χ1) is 15.8. The first-order valence-electron chi connectivity index (χ1n) is 10.5. The van der Waals surface area contributed by atoms with Crippen molar-refractivity contribution in [2.75, 3.05) is 22.9 Å². The molecule has 0 spiro atoms. The van der Waals surface area contributed by atoms with Crippen molar-refractivity contribution in [3.8, 4) is 0 Å². The molecule has 8 heteroatoms. The highest BCUT2D eigenvalue weighted by atomic mass is 32.2. The van der Waals surface area contributed by atoms with Crippen LogP contribution in [-0.4, -0.2) is 40.0 Å². The number of nitrogens with zero attached hydrogens (tertiary/aromatic N) is 2. The number of carbonyl (C=O) groups excluding carboxylic acids is 2. The molecule has 1 aliphatic rings. The fourth-order valence-corrected chi connectivity index (χ4v) is 5.19. The first-order valence-corrected chi connectivity index (χ1v) is 11.9. The Morgan fingerprint density at radius 3 is 2.45 bits per heavy atom. The number of para-hydroxylation sites is 2. The number of anilines is 2. The number of hydrogen-bond donors (Lipinski definition) is 0. The summed E-state index contributed by atoms with van der Waals surface area (Å²) in [5, 5.41) is 0. The number of esters is 1. The van der Waals surface area contributed by atoms with Crippen LogP contribution < -0.4 is 9.21 Å². The molecule has 0 aromatic heterocycles. The molecule has 1 amide bonds. The molecule has 170 valence electrons. The van der Waals surface area contributed by atoms with E-state index in [4.69, 9.17) is 4.74 Å². The van der Waals surface area contributed by atoms with E-state index < -0.39 is 22.6 Å². The zero-order chi connectivity index (χ0) is 23.6. The van der Waals surface area contributed by atoms with E-state index in [1.807, 2.05) is 31.2 Å². The van der Waals surface area contributed by atoms with Gasteiger partial charge < -0.3 is 9.64 Å². The van der Waals surface area contributed by atoms with Crippen molar-refractivity contribution in [1.82, 2.24) is 0 Å². The van der Waals surface area contributed by atoms with Gasteiger partial charge in [-0.1, -0.05) is 42.5 Å². The summed E-state index contributed by atoms with van der Waals surface area (Å²) >= 11 is 0. The second-order valence-electron chi connectivity index (χ2n) is 7.86. The third kappa shape index (κ3) is 4.47. The normalized spacial score (nSPS) is 15.1. The Morgan fingerprint density at radius 1 is 1.00 bits per heavy atom. The van der Waals surface area contributed by atoms with Crippen LogP contribution in [0.25, 0.3) is 0 Å². The fraction of sp³-hybridized carbons (Fsp3) is 0.200.